The van der Waals surface area contributed by atoms with Crippen LogP contribution in [0.25, 0.3) is 11.4 Å². The number of nitrogens with one attached hydrogen (secondary N) is 1. The van der Waals surface area contributed by atoms with Crippen molar-refractivity contribution in [1.29, 1.82) is 0 Å². The zero-order valence-electron chi connectivity index (χ0n) is 17.3. The Morgan fingerprint density at radius 1 is 1.13 bits per heavy atom. The second kappa shape index (κ2) is 7.97. The summed E-state index contributed by atoms with van der Waals surface area (Å²) < 4.78 is 42.1. The molecule has 1 atom stereocenters. The van der Waals surface area contributed by atoms with Crippen LogP contribution in [0.15, 0.2) is 12.3 Å². The molecule has 1 aromatic carbocycles. The molecule has 0 spiro atoms. The van der Waals surface area contributed by atoms with Gasteiger partial charge < -0.3 is 15.2 Å². The Bertz CT molecular complexity index is 1050. The number of nitrogens with two attached hydrogens (primary N) is 1. The maximum absolute atomic E-state index is 15.1. The average molecular weight is 417 g/mol. The molecule has 0 radical (unpaired) electrons. The van der Waals surface area contributed by atoms with Gasteiger partial charge in [0.15, 0.2) is 23.1 Å². The molecule has 0 unspecified atom stereocenters. The predicted octanol–water partition coefficient (Wildman–Crippen LogP) is 3.74. The normalized spacial score (nSPS) is 16.6. The van der Waals surface area contributed by atoms with Crippen molar-refractivity contribution in [3.8, 4) is 22.9 Å². The fraction of sp³-hybridized carbons (Fsp3) is 0.429. The lowest BCUT2D eigenvalue weighted by atomic mass is 9.84. The lowest BCUT2D eigenvalue weighted by Gasteiger charge is -2.23. The van der Waals surface area contributed by atoms with Gasteiger partial charge in [0.2, 0.25) is 0 Å². The van der Waals surface area contributed by atoms with Gasteiger partial charge in [-0.2, -0.15) is 10.2 Å². The Labute approximate surface area is 173 Å². The molecule has 0 fully saturated rings. The van der Waals surface area contributed by atoms with Gasteiger partial charge in [0.05, 0.1) is 19.9 Å². The number of anilines is 1. The van der Waals surface area contributed by atoms with Crippen molar-refractivity contribution in [3.05, 3.63) is 40.7 Å². The SMILES string of the molecule is COc1cc(OC)c(F)c([C@@H]2CCCCc3c(-c4nn(C)cc4N)n[nH]c3C2)c1F. The molecule has 3 N–H and O–H groups in total. The zero-order valence-corrected chi connectivity index (χ0v) is 17.3. The van der Waals surface area contributed by atoms with Crippen LogP contribution in [0.3, 0.4) is 0 Å². The molecule has 160 valence electrons. The first-order valence-corrected chi connectivity index (χ1v) is 9.90. The fourth-order valence-electron chi connectivity index (χ4n) is 4.28. The predicted molar refractivity (Wildman–Crippen MR) is 109 cm³/mol. The number of fused-ring (bicyclic) bond motifs is 1. The first kappa shape index (κ1) is 20.2. The van der Waals surface area contributed by atoms with E-state index in [-0.39, 0.29) is 23.0 Å². The van der Waals surface area contributed by atoms with Crippen LogP contribution in [-0.4, -0.2) is 34.2 Å². The van der Waals surface area contributed by atoms with E-state index in [0.29, 0.717) is 29.9 Å². The van der Waals surface area contributed by atoms with E-state index in [1.54, 1.807) is 17.9 Å². The van der Waals surface area contributed by atoms with Crippen LogP contribution in [-0.2, 0) is 19.9 Å². The number of methoxy groups -OCH3 is 2. The van der Waals surface area contributed by atoms with Crippen molar-refractivity contribution in [2.45, 2.75) is 38.0 Å². The number of nitrogen functional groups attached to an aromatic ring is 1. The van der Waals surface area contributed by atoms with Gasteiger partial charge in [-0.05, 0) is 31.6 Å². The number of aryl methyl sites for hydroxylation is 1. The molecular formula is C21H25F2N5O2. The van der Waals surface area contributed by atoms with Crippen molar-refractivity contribution < 1.29 is 18.3 Å². The van der Waals surface area contributed by atoms with Gasteiger partial charge >= 0.3 is 0 Å². The maximum Gasteiger partial charge on any atom is 0.171 e. The number of hydrogen-bond acceptors (Lipinski definition) is 5. The minimum Gasteiger partial charge on any atom is -0.494 e. The van der Waals surface area contributed by atoms with Crippen LogP contribution >= 0.6 is 0 Å². The van der Waals surface area contributed by atoms with Gasteiger partial charge in [-0.15, -0.1) is 0 Å². The van der Waals surface area contributed by atoms with E-state index in [2.05, 4.69) is 15.3 Å². The van der Waals surface area contributed by atoms with E-state index in [0.717, 1.165) is 30.5 Å². The number of ether oxygens (including phenoxy) is 2. The van der Waals surface area contributed by atoms with Crippen molar-refractivity contribution in [1.82, 2.24) is 20.0 Å². The van der Waals surface area contributed by atoms with Crippen LogP contribution in [0.1, 0.15) is 42.0 Å². The van der Waals surface area contributed by atoms with Crippen LogP contribution in [0, 0.1) is 11.6 Å². The van der Waals surface area contributed by atoms with Crippen molar-refractivity contribution in [3.63, 3.8) is 0 Å². The maximum atomic E-state index is 15.1. The molecule has 0 amide bonds. The van der Waals surface area contributed by atoms with Crippen LogP contribution in [0.4, 0.5) is 14.5 Å². The molecular weight excluding hydrogens is 392 g/mol. The summed E-state index contributed by atoms with van der Waals surface area (Å²) in [7, 11) is 4.51. The Balaban J connectivity index is 1.77. The molecule has 30 heavy (non-hydrogen) atoms. The number of benzene rings is 1. The third kappa shape index (κ3) is 3.38. The average Bonchev–Trinajstić information content (AvgIpc) is 3.24. The van der Waals surface area contributed by atoms with E-state index in [4.69, 9.17) is 15.2 Å². The monoisotopic (exact) mass is 417 g/mol. The molecule has 2 heterocycles. The minimum absolute atomic E-state index is 0.00690. The standard InChI is InChI=1S/C21H25F2N5O2/c1-28-10-13(24)21(27-28)20-12-7-5-4-6-11(8-14(12)25-26-20)17-18(22)15(29-2)9-16(30-3)19(17)23/h9-11H,4-8,24H2,1-3H3,(H,25,26)/t11-/m1/s1. The Kier molecular flexibility index (Phi) is 5.36. The number of aromatic nitrogens is 4. The Morgan fingerprint density at radius 3 is 2.43 bits per heavy atom. The summed E-state index contributed by atoms with van der Waals surface area (Å²) in [6, 6.07) is 1.24. The summed E-state index contributed by atoms with van der Waals surface area (Å²) in [5.41, 5.74) is 9.80. The quantitative estimate of drug-likeness (QED) is 0.675. The lowest BCUT2D eigenvalue weighted by molar-refractivity contribution is 0.347. The molecule has 7 nitrogen and oxygen atoms in total. The van der Waals surface area contributed by atoms with Gasteiger partial charge in [0.25, 0.3) is 0 Å². The highest BCUT2D eigenvalue weighted by Crippen LogP contribution is 2.41. The first-order chi connectivity index (χ1) is 14.4. The molecule has 0 aliphatic heterocycles. The summed E-state index contributed by atoms with van der Waals surface area (Å²) in [5.74, 6) is -1.81. The van der Waals surface area contributed by atoms with Crippen molar-refractivity contribution in [2.24, 2.45) is 7.05 Å². The van der Waals surface area contributed by atoms with Crippen LogP contribution < -0.4 is 15.2 Å². The van der Waals surface area contributed by atoms with E-state index in [9.17, 15) is 0 Å². The number of nitrogens with zero attached hydrogens (tertiary/aromatic N) is 3. The summed E-state index contributed by atoms with van der Waals surface area (Å²) in [6.45, 7) is 0. The molecule has 0 saturated carbocycles. The molecule has 0 bridgehead atoms. The van der Waals surface area contributed by atoms with Crippen LogP contribution in [0.2, 0.25) is 0 Å². The molecule has 9 heteroatoms. The first-order valence-electron chi connectivity index (χ1n) is 9.90. The molecule has 4 rings (SSSR count). The van der Waals surface area contributed by atoms with E-state index in [1.807, 2.05) is 0 Å². The lowest BCUT2D eigenvalue weighted by Crippen LogP contribution is -2.14. The van der Waals surface area contributed by atoms with Gasteiger partial charge in [0, 0.05) is 36.1 Å². The summed E-state index contributed by atoms with van der Waals surface area (Å²) in [6.07, 6.45) is 5.28. The third-order valence-corrected chi connectivity index (χ3v) is 5.73. The number of hydrogen-bond donors (Lipinski definition) is 2. The molecule has 0 saturated heterocycles. The highest BCUT2D eigenvalue weighted by atomic mass is 19.1. The highest BCUT2D eigenvalue weighted by molar-refractivity contribution is 5.72. The fourth-order valence-corrected chi connectivity index (χ4v) is 4.28. The summed E-state index contributed by atoms with van der Waals surface area (Å²) in [4.78, 5) is 0. The van der Waals surface area contributed by atoms with Crippen LogP contribution in [0.5, 0.6) is 11.5 Å². The minimum atomic E-state index is -0.684. The van der Waals surface area contributed by atoms with Gasteiger partial charge in [-0.25, -0.2) is 8.78 Å². The molecule has 3 aromatic rings. The second-order valence-corrected chi connectivity index (χ2v) is 7.61. The smallest absolute Gasteiger partial charge is 0.171 e. The van der Waals surface area contributed by atoms with E-state index in [1.165, 1.54) is 20.3 Å². The van der Waals surface area contributed by atoms with E-state index < -0.39 is 11.6 Å². The number of H-pyrrole nitrogens is 1. The topological polar surface area (TPSA) is 91.0 Å². The van der Waals surface area contributed by atoms with Gasteiger partial charge in [-0.1, -0.05) is 6.42 Å². The van der Waals surface area contributed by atoms with Crippen molar-refractivity contribution >= 4 is 5.69 Å². The zero-order chi connectivity index (χ0) is 21.4. The summed E-state index contributed by atoms with van der Waals surface area (Å²) in [5, 5.41) is 11.9. The molecule has 2 aromatic heterocycles. The molecule has 1 aliphatic rings. The third-order valence-electron chi connectivity index (χ3n) is 5.73. The van der Waals surface area contributed by atoms with Gasteiger partial charge in [-0.3, -0.25) is 9.78 Å². The van der Waals surface area contributed by atoms with Crippen molar-refractivity contribution in [2.75, 3.05) is 20.0 Å². The van der Waals surface area contributed by atoms with Gasteiger partial charge in [0.1, 0.15) is 11.4 Å². The molecule has 1 aliphatic carbocycles. The highest BCUT2D eigenvalue weighted by Gasteiger charge is 2.30. The number of aromatic amines is 1. The second-order valence-electron chi connectivity index (χ2n) is 7.61. The Hall–Kier alpha value is -3.10. The largest absolute Gasteiger partial charge is 0.494 e. The number of halogens is 2. The Morgan fingerprint density at radius 2 is 1.83 bits per heavy atom. The van der Waals surface area contributed by atoms with E-state index >= 15 is 8.78 Å². The number of rotatable bonds is 4. The summed E-state index contributed by atoms with van der Waals surface area (Å²) >= 11 is 0.